The van der Waals surface area contributed by atoms with E-state index in [1.807, 2.05) is 0 Å². The van der Waals surface area contributed by atoms with Gasteiger partial charge < -0.3 is 5.11 Å². The van der Waals surface area contributed by atoms with Gasteiger partial charge in [0.15, 0.2) is 0 Å². The minimum Gasteiger partial charge on any atom is -0.508 e. The maximum atomic E-state index is 10.7. The Morgan fingerprint density at radius 1 is 1.55 bits per heavy atom. The molecule has 58 valence electrons. The number of benzene rings is 1. The Labute approximate surface area is 70.3 Å². The molecule has 0 saturated carbocycles. The standard InChI is InChI=1S/C8H8O2S/c1-5-4-6(8(10)11)2-3-7(5)9/h2-4,9H,1H3,(H,10,11). The van der Waals surface area contributed by atoms with Crippen molar-refractivity contribution >= 4 is 17.7 Å². The highest BCUT2D eigenvalue weighted by Gasteiger charge is 2.01. The molecule has 1 aromatic carbocycles. The smallest absolute Gasteiger partial charge is 0.216 e. The van der Waals surface area contributed by atoms with Gasteiger partial charge in [0.05, 0.1) is 0 Å². The Hall–Kier alpha value is -0.960. The predicted octanol–water partition coefficient (Wildman–Crippen LogP) is 1.77. The zero-order valence-corrected chi connectivity index (χ0v) is 6.93. The van der Waals surface area contributed by atoms with Gasteiger partial charge >= 0.3 is 0 Å². The highest BCUT2D eigenvalue weighted by atomic mass is 32.1. The summed E-state index contributed by atoms with van der Waals surface area (Å²) >= 11 is 3.65. The Balaban J connectivity index is 3.15. The fraction of sp³-hybridized carbons (Fsp3) is 0.125. The van der Waals surface area contributed by atoms with Crippen molar-refractivity contribution in [1.29, 1.82) is 0 Å². The highest BCUT2D eigenvalue weighted by molar-refractivity contribution is 7.97. The van der Waals surface area contributed by atoms with Gasteiger partial charge in [0, 0.05) is 5.56 Å². The van der Waals surface area contributed by atoms with Crippen molar-refractivity contribution in [3.63, 3.8) is 0 Å². The van der Waals surface area contributed by atoms with E-state index in [1.54, 1.807) is 13.0 Å². The molecule has 0 aliphatic rings. The zero-order valence-electron chi connectivity index (χ0n) is 6.03. The van der Waals surface area contributed by atoms with E-state index in [0.717, 1.165) is 0 Å². The molecule has 0 bridgehead atoms. The number of carbonyl (C=O) groups excluding carboxylic acids is 1. The number of hydrogen-bond donors (Lipinski definition) is 2. The van der Waals surface area contributed by atoms with E-state index in [4.69, 9.17) is 5.11 Å². The van der Waals surface area contributed by atoms with Crippen LogP contribution in [0.3, 0.4) is 0 Å². The van der Waals surface area contributed by atoms with Crippen LogP contribution in [-0.4, -0.2) is 10.2 Å². The molecule has 0 saturated heterocycles. The summed E-state index contributed by atoms with van der Waals surface area (Å²) in [5.74, 6) is 0.198. The molecule has 0 aliphatic heterocycles. The molecule has 1 rings (SSSR count). The van der Waals surface area contributed by atoms with Gasteiger partial charge in [-0.25, -0.2) is 0 Å². The molecule has 0 aliphatic carbocycles. The average Bonchev–Trinajstić information content (AvgIpc) is 1.94. The lowest BCUT2D eigenvalue weighted by Gasteiger charge is -1.98. The number of phenolic OH excluding ortho intramolecular Hbond substituents is 1. The van der Waals surface area contributed by atoms with Crippen molar-refractivity contribution in [2.45, 2.75) is 6.92 Å². The van der Waals surface area contributed by atoms with Crippen molar-refractivity contribution in [1.82, 2.24) is 0 Å². The van der Waals surface area contributed by atoms with Crippen molar-refractivity contribution in [3.8, 4) is 5.75 Å². The Bertz CT molecular complexity index is 294. The summed E-state index contributed by atoms with van der Waals surface area (Å²) in [5, 5.41) is 8.81. The van der Waals surface area contributed by atoms with Crippen LogP contribution in [-0.2, 0) is 0 Å². The van der Waals surface area contributed by atoms with Crippen LogP contribution in [0.4, 0.5) is 0 Å². The van der Waals surface area contributed by atoms with E-state index < -0.39 is 0 Å². The van der Waals surface area contributed by atoms with Crippen LogP contribution in [0, 0.1) is 6.92 Å². The van der Waals surface area contributed by atoms with Gasteiger partial charge in [-0.3, -0.25) is 4.79 Å². The van der Waals surface area contributed by atoms with E-state index >= 15 is 0 Å². The van der Waals surface area contributed by atoms with Gasteiger partial charge in [0.2, 0.25) is 5.12 Å². The summed E-state index contributed by atoms with van der Waals surface area (Å²) in [6.45, 7) is 1.73. The van der Waals surface area contributed by atoms with Crippen LogP contribution < -0.4 is 0 Å². The Morgan fingerprint density at radius 3 is 2.64 bits per heavy atom. The Morgan fingerprint density at radius 2 is 2.18 bits per heavy atom. The van der Waals surface area contributed by atoms with Crippen LogP contribution in [0.5, 0.6) is 5.75 Å². The lowest BCUT2D eigenvalue weighted by Crippen LogP contribution is -1.88. The van der Waals surface area contributed by atoms with Crippen LogP contribution in [0.25, 0.3) is 0 Å². The summed E-state index contributed by atoms with van der Waals surface area (Å²) in [6.07, 6.45) is 0. The molecular formula is C8H8O2S. The third-order valence-corrected chi connectivity index (χ3v) is 1.70. The first kappa shape index (κ1) is 8.14. The minimum absolute atomic E-state index is 0.198. The molecule has 3 heteroatoms. The first-order chi connectivity index (χ1) is 5.11. The number of thiol groups is 1. The first-order valence-electron chi connectivity index (χ1n) is 3.14. The maximum absolute atomic E-state index is 10.7. The second-order valence-electron chi connectivity index (χ2n) is 2.31. The first-order valence-corrected chi connectivity index (χ1v) is 3.59. The predicted molar refractivity (Wildman–Crippen MR) is 46.2 cm³/mol. The van der Waals surface area contributed by atoms with Gasteiger partial charge in [-0.2, -0.15) is 0 Å². The van der Waals surface area contributed by atoms with Gasteiger partial charge in [0.1, 0.15) is 5.75 Å². The highest BCUT2D eigenvalue weighted by Crippen LogP contribution is 2.17. The number of rotatable bonds is 1. The Kier molecular flexibility index (Phi) is 2.19. The van der Waals surface area contributed by atoms with Gasteiger partial charge in [-0.15, -0.1) is 12.6 Å². The molecule has 0 heterocycles. The van der Waals surface area contributed by atoms with Crippen molar-refractivity contribution < 1.29 is 9.90 Å². The molecule has 0 radical (unpaired) electrons. The van der Waals surface area contributed by atoms with Crippen molar-refractivity contribution in [2.75, 3.05) is 0 Å². The summed E-state index contributed by atoms with van der Waals surface area (Å²) < 4.78 is 0. The van der Waals surface area contributed by atoms with E-state index in [0.29, 0.717) is 11.1 Å². The van der Waals surface area contributed by atoms with Crippen molar-refractivity contribution in [3.05, 3.63) is 29.3 Å². The fourth-order valence-electron chi connectivity index (χ4n) is 0.788. The third-order valence-electron chi connectivity index (χ3n) is 1.44. The number of aryl methyl sites for hydroxylation is 1. The average molecular weight is 168 g/mol. The molecule has 0 atom stereocenters. The molecular weight excluding hydrogens is 160 g/mol. The topological polar surface area (TPSA) is 37.3 Å². The van der Waals surface area contributed by atoms with Crippen LogP contribution in [0.1, 0.15) is 15.9 Å². The fourth-order valence-corrected chi connectivity index (χ4v) is 0.928. The monoisotopic (exact) mass is 168 g/mol. The lowest BCUT2D eigenvalue weighted by atomic mass is 10.1. The number of phenols is 1. The van der Waals surface area contributed by atoms with Crippen LogP contribution >= 0.6 is 12.6 Å². The van der Waals surface area contributed by atoms with Gasteiger partial charge in [-0.05, 0) is 30.7 Å². The zero-order chi connectivity index (χ0) is 8.43. The normalized spacial score (nSPS) is 9.64. The molecule has 0 aromatic heterocycles. The lowest BCUT2D eigenvalue weighted by molar-refractivity contribution is 0.109. The van der Waals surface area contributed by atoms with E-state index in [2.05, 4.69) is 12.6 Å². The van der Waals surface area contributed by atoms with Crippen LogP contribution in [0.15, 0.2) is 18.2 Å². The number of hydrogen-bond acceptors (Lipinski definition) is 2. The number of carbonyl (C=O) groups is 1. The molecule has 11 heavy (non-hydrogen) atoms. The van der Waals surface area contributed by atoms with Crippen LogP contribution in [0.2, 0.25) is 0 Å². The van der Waals surface area contributed by atoms with E-state index in [9.17, 15) is 4.79 Å². The summed E-state index contributed by atoms with van der Waals surface area (Å²) in [5.41, 5.74) is 1.19. The largest absolute Gasteiger partial charge is 0.508 e. The third kappa shape index (κ3) is 1.74. The minimum atomic E-state index is -0.284. The van der Waals surface area contributed by atoms with Gasteiger partial charge in [0.25, 0.3) is 0 Å². The quantitative estimate of drug-likeness (QED) is 0.627. The molecule has 1 aromatic rings. The molecule has 2 nitrogen and oxygen atoms in total. The SMILES string of the molecule is Cc1cc(C(=O)S)ccc1O. The second kappa shape index (κ2) is 2.96. The van der Waals surface area contributed by atoms with E-state index in [1.165, 1.54) is 12.1 Å². The summed E-state index contributed by atoms with van der Waals surface area (Å²) in [6, 6.07) is 4.63. The molecule has 0 amide bonds. The molecule has 0 spiro atoms. The van der Waals surface area contributed by atoms with Crippen molar-refractivity contribution in [2.24, 2.45) is 0 Å². The molecule has 1 N–H and O–H groups in total. The molecule has 0 fully saturated rings. The summed E-state index contributed by atoms with van der Waals surface area (Å²) in [7, 11) is 0. The second-order valence-corrected chi connectivity index (χ2v) is 2.71. The summed E-state index contributed by atoms with van der Waals surface area (Å²) in [4.78, 5) is 10.7. The van der Waals surface area contributed by atoms with Gasteiger partial charge in [-0.1, -0.05) is 0 Å². The van der Waals surface area contributed by atoms with E-state index in [-0.39, 0.29) is 10.9 Å². The number of aromatic hydroxyl groups is 1. The molecule has 0 unspecified atom stereocenters. The maximum Gasteiger partial charge on any atom is 0.216 e.